The Morgan fingerprint density at radius 3 is 2.50 bits per heavy atom. The lowest BCUT2D eigenvalue weighted by atomic mass is 10.1. The number of hydrogen-bond acceptors (Lipinski definition) is 0. The van der Waals surface area contributed by atoms with Crippen molar-refractivity contribution in [3.05, 3.63) is 0 Å². The monoisotopic (exact) mass is 210 g/mol. The maximum atomic E-state index is 12.3. The lowest BCUT2D eigenvalue weighted by Crippen LogP contribution is -2.49. The number of nitrogens with zero attached hydrogens (tertiary/aromatic N) is 1. The largest absolute Gasteiger partial charge is 0.394 e. The van der Waals surface area contributed by atoms with Crippen molar-refractivity contribution in [2.45, 2.75) is 44.8 Å². The minimum atomic E-state index is -4.00. The van der Waals surface area contributed by atoms with Gasteiger partial charge in [0.05, 0.1) is 32.6 Å². The van der Waals surface area contributed by atoms with Crippen molar-refractivity contribution in [3.63, 3.8) is 0 Å². The molecule has 0 radical (unpaired) electrons. The number of rotatable bonds is 3. The van der Waals surface area contributed by atoms with Gasteiger partial charge < -0.3 is 4.48 Å². The zero-order chi connectivity index (χ0) is 10.8. The molecule has 0 aromatic rings. The van der Waals surface area contributed by atoms with Crippen molar-refractivity contribution < 1.29 is 17.7 Å². The summed E-state index contributed by atoms with van der Waals surface area (Å²) in [5.74, 6) is 0. The number of likely N-dealkylation sites (tertiary alicyclic amines) is 1. The van der Waals surface area contributed by atoms with E-state index < -0.39 is 12.6 Å². The maximum Gasteiger partial charge on any atom is 0.394 e. The Hall–Kier alpha value is -0.250. The van der Waals surface area contributed by atoms with Crippen LogP contribution in [0.2, 0.25) is 0 Å². The van der Waals surface area contributed by atoms with Gasteiger partial charge in [0.25, 0.3) is 0 Å². The van der Waals surface area contributed by atoms with Gasteiger partial charge >= 0.3 is 6.18 Å². The van der Waals surface area contributed by atoms with Gasteiger partial charge in [0, 0.05) is 12.8 Å². The van der Waals surface area contributed by atoms with Crippen molar-refractivity contribution in [1.29, 1.82) is 0 Å². The average Bonchev–Trinajstić information content (AvgIpc) is 2.30. The van der Waals surface area contributed by atoms with Gasteiger partial charge in [-0.15, -0.1) is 0 Å². The van der Waals surface area contributed by atoms with E-state index in [1.165, 1.54) is 0 Å². The fourth-order valence-corrected chi connectivity index (χ4v) is 2.58. The maximum absolute atomic E-state index is 12.3. The fraction of sp³-hybridized carbons (Fsp3) is 1.00. The van der Waals surface area contributed by atoms with E-state index in [1.54, 1.807) is 0 Å². The molecule has 2 atom stereocenters. The summed E-state index contributed by atoms with van der Waals surface area (Å²) in [6.07, 6.45) is -1.97. The predicted octanol–water partition coefficient (Wildman–Crippen LogP) is 2.96. The molecule has 1 rings (SSSR count). The Kier molecular flexibility index (Phi) is 3.45. The van der Waals surface area contributed by atoms with Crippen LogP contribution < -0.4 is 0 Å². The number of halogens is 3. The van der Waals surface area contributed by atoms with E-state index in [4.69, 9.17) is 0 Å². The number of hydrogen-bond donors (Lipinski definition) is 0. The second-order valence-corrected chi connectivity index (χ2v) is 4.54. The molecular formula is C10H19F3N+. The Morgan fingerprint density at radius 1 is 1.36 bits per heavy atom. The molecule has 1 saturated heterocycles. The Labute approximate surface area is 83.5 Å². The summed E-state index contributed by atoms with van der Waals surface area (Å²) in [6.45, 7) is 3.82. The average molecular weight is 210 g/mol. The summed E-state index contributed by atoms with van der Waals surface area (Å²) in [5.41, 5.74) is 0. The van der Waals surface area contributed by atoms with E-state index in [2.05, 4.69) is 0 Å². The molecule has 0 amide bonds. The molecule has 1 aliphatic heterocycles. The molecule has 0 aromatic heterocycles. The van der Waals surface area contributed by atoms with Gasteiger partial charge in [0.2, 0.25) is 0 Å². The van der Waals surface area contributed by atoms with Crippen molar-refractivity contribution >= 4 is 0 Å². The van der Waals surface area contributed by atoms with E-state index >= 15 is 0 Å². The van der Waals surface area contributed by atoms with E-state index in [-0.39, 0.29) is 6.04 Å². The summed E-state index contributed by atoms with van der Waals surface area (Å²) in [4.78, 5) is 0. The van der Waals surface area contributed by atoms with Crippen LogP contribution in [0, 0.1) is 0 Å². The molecule has 14 heavy (non-hydrogen) atoms. The van der Waals surface area contributed by atoms with E-state index in [1.807, 2.05) is 14.0 Å². The standard InChI is InChI=1S/C10H19F3N/c1-3-6-14(2)7-4-5-9(14)8-10(11,12)13/h9H,3-8H2,1-2H3/q+1. The zero-order valence-electron chi connectivity index (χ0n) is 8.90. The molecule has 1 nitrogen and oxygen atoms in total. The van der Waals surface area contributed by atoms with Crippen molar-refractivity contribution in [3.8, 4) is 0 Å². The molecule has 1 heterocycles. The molecule has 0 saturated carbocycles. The lowest BCUT2D eigenvalue weighted by Gasteiger charge is -2.36. The van der Waals surface area contributed by atoms with Gasteiger partial charge in [0.15, 0.2) is 0 Å². The highest BCUT2D eigenvalue weighted by molar-refractivity contribution is 4.70. The van der Waals surface area contributed by atoms with E-state index in [9.17, 15) is 13.2 Å². The molecular weight excluding hydrogens is 191 g/mol. The highest BCUT2D eigenvalue weighted by Crippen LogP contribution is 2.33. The summed E-state index contributed by atoms with van der Waals surface area (Å²) in [7, 11) is 1.97. The minimum absolute atomic E-state index is 0.199. The summed E-state index contributed by atoms with van der Waals surface area (Å²) in [6, 6.07) is -0.199. The first-order valence-electron chi connectivity index (χ1n) is 5.28. The van der Waals surface area contributed by atoms with Crippen LogP contribution in [-0.4, -0.2) is 36.8 Å². The van der Waals surface area contributed by atoms with Gasteiger partial charge in [-0.1, -0.05) is 6.92 Å². The molecule has 1 aliphatic rings. The molecule has 2 unspecified atom stereocenters. The van der Waals surface area contributed by atoms with Crippen LogP contribution in [-0.2, 0) is 0 Å². The van der Waals surface area contributed by atoms with Crippen molar-refractivity contribution in [1.82, 2.24) is 0 Å². The van der Waals surface area contributed by atoms with Gasteiger partial charge in [-0.3, -0.25) is 0 Å². The first-order chi connectivity index (χ1) is 6.37. The predicted molar refractivity (Wildman–Crippen MR) is 49.9 cm³/mol. The molecule has 84 valence electrons. The minimum Gasteiger partial charge on any atom is -0.323 e. The molecule has 0 N–H and O–H groups in total. The van der Waals surface area contributed by atoms with Crippen LogP contribution in [0.5, 0.6) is 0 Å². The molecule has 1 fully saturated rings. The van der Waals surface area contributed by atoms with Crippen LogP contribution >= 0.6 is 0 Å². The lowest BCUT2D eigenvalue weighted by molar-refractivity contribution is -0.922. The van der Waals surface area contributed by atoms with Crippen LogP contribution in [0.1, 0.15) is 32.6 Å². The third-order valence-electron chi connectivity index (χ3n) is 3.29. The topological polar surface area (TPSA) is 0 Å². The van der Waals surface area contributed by atoms with Gasteiger partial charge in [-0.05, 0) is 6.42 Å². The number of alkyl halides is 3. The Morgan fingerprint density at radius 2 is 2.00 bits per heavy atom. The van der Waals surface area contributed by atoms with Crippen molar-refractivity contribution in [2.24, 2.45) is 0 Å². The highest BCUT2D eigenvalue weighted by Gasteiger charge is 2.44. The van der Waals surface area contributed by atoms with Gasteiger partial charge in [-0.2, -0.15) is 13.2 Å². The second kappa shape index (κ2) is 4.09. The summed E-state index contributed by atoms with van der Waals surface area (Å²) < 4.78 is 37.5. The van der Waals surface area contributed by atoms with Crippen LogP contribution in [0.25, 0.3) is 0 Å². The Bertz CT molecular complexity index is 190. The molecule has 0 aromatic carbocycles. The zero-order valence-corrected chi connectivity index (χ0v) is 8.90. The molecule has 4 heteroatoms. The van der Waals surface area contributed by atoms with E-state index in [0.717, 1.165) is 32.4 Å². The molecule has 0 aliphatic carbocycles. The highest BCUT2D eigenvalue weighted by atomic mass is 19.4. The first-order valence-corrected chi connectivity index (χ1v) is 5.28. The van der Waals surface area contributed by atoms with Crippen LogP contribution in [0.4, 0.5) is 13.2 Å². The van der Waals surface area contributed by atoms with Gasteiger partial charge in [-0.25, -0.2) is 0 Å². The van der Waals surface area contributed by atoms with Crippen molar-refractivity contribution in [2.75, 3.05) is 20.1 Å². The fourth-order valence-electron chi connectivity index (χ4n) is 2.58. The first kappa shape index (κ1) is 11.8. The molecule has 0 spiro atoms. The normalized spacial score (nSPS) is 33.6. The summed E-state index contributed by atoms with van der Waals surface area (Å²) in [5, 5.41) is 0. The van der Waals surface area contributed by atoms with E-state index in [0.29, 0.717) is 4.48 Å². The van der Waals surface area contributed by atoms with Gasteiger partial charge in [0.1, 0.15) is 0 Å². The summed E-state index contributed by atoms with van der Waals surface area (Å²) >= 11 is 0. The smallest absolute Gasteiger partial charge is 0.323 e. The number of quaternary nitrogens is 1. The SMILES string of the molecule is CCC[N+]1(C)CCCC1CC(F)(F)F. The Balaban J connectivity index is 2.59. The van der Waals surface area contributed by atoms with Crippen LogP contribution in [0.15, 0.2) is 0 Å². The quantitative estimate of drug-likeness (QED) is 0.628. The molecule has 0 bridgehead atoms. The second-order valence-electron chi connectivity index (χ2n) is 4.54. The third-order valence-corrected chi connectivity index (χ3v) is 3.29. The third kappa shape index (κ3) is 2.87. The van der Waals surface area contributed by atoms with Crippen LogP contribution in [0.3, 0.4) is 0 Å².